The highest BCUT2D eigenvalue weighted by atomic mass is 32.1. The van der Waals surface area contributed by atoms with Crippen LogP contribution in [-0.2, 0) is 12.8 Å². The highest BCUT2D eigenvalue weighted by Crippen LogP contribution is 2.40. The van der Waals surface area contributed by atoms with Gasteiger partial charge in [0.15, 0.2) is 0 Å². The van der Waals surface area contributed by atoms with Gasteiger partial charge in [0, 0.05) is 30.2 Å². The maximum Gasteiger partial charge on any atom is 0.263 e. The number of amides is 1. The number of nitrogens with zero attached hydrogens (tertiary/aromatic N) is 2. The van der Waals surface area contributed by atoms with Crippen molar-refractivity contribution in [1.29, 1.82) is 0 Å². The second-order valence-corrected chi connectivity index (χ2v) is 11.1. The highest BCUT2D eigenvalue weighted by Gasteiger charge is 2.34. The van der Waals surface area contributed by atoms with Crippen molar-refractivity contribution in [1.82, 2.24) is 10.3 Å². The average molecular weight is 465 g/mol. The molecule has 0 spiro atoms. The molecule has 2 aromatic heterocycles. The molecule has 1 aliphatic heterocycles. The summed E-state index contributed by atoms with van der Waals surface area (Å²) < 4.78 is 15.1. The molecule has 7 heteroatoms. The minimum Gasteiger partial charge on any atom is -0.397 e. The maximum atomic E-state index is 15.1. The third kappa shape index (κ3) is 3.76. The molecule has 1 saturated heterocycles. The first-order valence-electron chi connectivity index (χ1n) is 12.0. The Hall–Kier alpha value is -2.67. The maximum absolute atomic E-state index is 15.1. The van der Waals surface area contributed by atoms with Gasteiger partial charge in [-0.1, -0.05) is 0 Å². The van der Waals surface area contributed by atoms with Gasteiger partial charge < -0.3 is 16.0 Å². The van der Waals surface area contributed by atoms with Crippen LogP contribution in [0.4, 0.5) is 15.8 Å². The van der Waals surface area contributed by atoms with Crippen molar-refractivity contribution < 1.29 is 9.18 Å². The largest absolute Gasteiger partial charge is 0.397 e. The second-order valence-electron chi connectivity index (χ2n) is 10.1. The fraction of sp³-hybridized carbons (Fsp3) is 0.462. The monoisotopic (exact) mass is 464 g/mol. The summed E-state index contributed by atoms with van der Waals surface area (Å²) in [7, 11) is 0. The topological polar surface area (TPSA) is 71.2 Å². The molecule has 3 heterocycles. The first-order chi connectivity index (χ1) is 15.9. The number of hydrogen-bond donors (Lipinski definition) is 2. The molecule has 0 radical (unpaired) electrons. The van der Waals surface area contributed by atoms with E-state index in [0.29, 0.717) is 17.0 Å². The summed E-state index contributed by atoms with van der Waals surface area (Å²) in [5.41, 5.74) is 10.6. The van der Waals surface area contributed by atoms with Gasteiger partial charge in [0.05, 0.1) is 11.4 Å². The number of fused-ring (bicyclic) bond motifs is 4. The number of nitrogens with one attached hydrogen (secondary N) is 1. The van der Waals surface area contributed by atoms with Crippen molar-refractivity contribution in [2.24, 2.45) is 11.8 Å². The van der Waals surface area contributed by atoms with E-state index in [2.05, 4.69) is 21.3 Å². The lowest BCUT2D eigenvalue weighted by Gasteiger charge is -2.35. The zero-order valence-corrected chi connectivity index (χ0v) is 19.7. The molecule has 5 nitrogen and oxygen atoms in total. The number of halogens is 1. The number of hydrogen-bond acceptors (Lipinski definition) is 5. The van der Waals surface area contributed by atoms with Crippen LogP contribution in [0.1, 0.15) is 52.2 Å². The molecule has 1 amide bonds. The number of aryl methyl sites for hydroxylation is 2. The van der Waals surface area contributed by atoms with Gasteiger partial charge in [0.1, 0.15) is 15.5 Å². The normalized spacial score (nSPS) is 24.2. The van der Waals surface area contributed by atoms with Crippen LogP contribution in [-0.4, -0.2) is 30.0 Å². The van der Waals surface area contributed by atoms with Crippen LogP contribution in [0.2, 0.25) is 0 Å². The molecule has 2 aliphatic carbocycles. The second kappa shape index (κ2) is 7.97. The van der Waals surface area contributed by atoms with Crippen LogP contribution in [0.5, 0.6) is 0 Å². The quantitative estimate of drug-likeness (QED) is 0.581. The van der Waals surface area contributed by atoms with E-state index in [9.17, 15) is 4.79 Å². The number of benzene rings is 1. The third-order valence-corrected chi connectivity index (χ3v) is 8.83. The van der Waals surface area contributed by atoms with Gasteiger partial charge in [-0.3, -0.25) is 4.79 Å². The number of carbonyl (C=O) groups is 1. The lowest BCUT2D eigenvalue weighted by Crippen LogP contribution is -2.39. The predicted molar refractivity (Wildman–Crippen MR) is 131 cm³/mol. The van der Waals surface area contributed by atoms with Gasteiger partial charge in [-0.2, -0.15) is 0 Å². The van der Waals surface area contributed by atoms with Crippen LogP contribution in [0.15, 0.2) is 24.3 Å². The Morgan fingerprint density at radius 1 is 1.18 bits per heavy atom. The number of anilines is 2. The van der Waals surface area contributed by atoms with E-state index >= 15 is 4.39 Å². The van der Waals surface area contributed by atoms with E-state index in [4.69, 9.17) is 5.73 Å². The van der Waals surface area contributed by atoms with Crippen molar-refractivity contribution in [3.05, 3.63) is 51.8 Å². The number of nitrogen functional groups attached to an aromatic ring is 1. The number of piperidine rings is 1. The lowest BCUT2D eigenvalue weighted by atomic mass is 9.87. The van der Waals surface area contributed by atoms with Gasteiger partial charge >= 0.3 is 0 Å². The van der Waals surface area contributed by atoms with Crippen LogP contribution in [0.25, 0.3) is 10.2 Å². The standard InChI is InChI=1S/C26H29FN4OS/c1-14-2-7-20-23(28)24(33-26(20)29-14)25(32)30-19-6-5-17-11-22(21(27)10-18(17)9-19)31-12-15-3-4-16(8-15)13-31/h2,7,10-11,15-16,19H,3-6,8-9,12-13,28H2,1H3,(H,30,32)/t15?,16?,19-/m1/s1. The van der Waals surface area contributed by atoms with Gasteiger partial charge in [-0.15, -0.1) is 11.3 Å². The zero-order valence-electron chi connectivity index (χ0n) is 18.9. The third-order valence-electron chi connectivity index (χ3n) is 7.72. The predicted octanol–water partition coefficient (Wildman–Crippen LogP) is 4.85. The zero-order chi connectivity index (χ0) is 22.7. The highest BCUT2D eigenvalue weighted by molar-refractivity contribution is 7.21. The Morgan fingerprint density at radius 3 is 2.76 bits per heavy atom. The van der Waals surface area contributed by atoms with E-state index in [-0.39, 0.29) is 17.8 Å². The van der Waals surface area contributed by atoms with Gasteiger partial charge in [0.25, 0.3) is 5.91 Å². The molecular formula is C26H29FN4OS. The summed E-state index contributed by atoms with van der Waals surface area (Å²) in [5.74, 6) is 1.15. The molecule has 2 unspecified atom stereocenters. The summed E-state index contributed by atoms with van der Waals surface area (Å²) in [4.78, 5) is 21.1. The van der Waals surface area contributed by atoms with Gasteiger partial charge in [0.2, 0.25) is 0 Å². The van der Waals surface area contributed by atoms with Crippen LogP contribution >= 0.6 is 11.3 Å². The summed E-state index contributed by atoms with van der Waals surface area (Å²) in [6, 6.07) is 7.58. The molecular weight excluding hydrogens is 435 g/mol. The molecule has 6 rings (SSSR count). The average Bonchev–Trinajstić information content (AvgIpc) is 3.30. The summed E-state index contributed by atoms with van der Waals surface area (Å²) in [6.07, 6.45) is 6.22. The van der Waals surface area contributed by atoms with E-state index in [1.807, 2.05) is 19.1 Å². The van der Waals surface area contributed by atoms with Gasteiger partial charge in [-0.05, 0) is 92.7 Å². The van der Waals surface area contributed by atoms with E-state index < -0.39 is 0 Å². The molecule has 3 aliphatic rings. The first-order valence-corrected chi connectivity index (χ1v) is 12.8. The molecule has 2 bridgehead atoms. The molecule has 33 heavy (non-hydrogen) atoms. The molecule has 3 aromatic rings. The van der Waals surface area contributed by atoms with Crippen molar-refractivity contribution in [3.63, 3.8) is 0 Å². The van der Waals surface area contributed by atoms with Gasteiger partial charge in [-0.25, -0.2) is 9.37 Å². The minimum atomic E-state index is -0.164. The summed E-state index contributed by atoms with van der Waals surface area (Å²) in [5, 5.41) is 3.97. The fourth-order valence-electron chi connectivity index (χ4n) is 6.05. The van der Waals surface area contributed by atoms with Crippen molar-refractivity contribution in [2.75, 3.05) is 23.7 Å². The molecule has 3 atom stereocenters. The Bertz CT molecular complexity index is 1240. The van der Waals surface area contributed by atoms with E-state index in [0.717, 1.165) is 64.9 Å². The Kier molecular flexibility index (Phi) is 5.05. The smallest absolute Gasteiger partial charge is 0.263 e. The Morgan fingerprint density at radius 2 is 1.97 bits per heavy atom. The van der Waals surface area contributed by atoms with Crippen LogP contribution in [0.3, 0.4) is 0 Å². The number of pyridine rings is 1. The van der Waals surface area contributed by atoms with Crippen LogP contribution in [0, 0.1) is 24.6 Å². The lowest BCUT2D eigenvalue weighted by molar-refractivity contribution is 0.0938. The molecule has 1 aromatic carbocycles. The Labute approximate surface area is 197 Å². The SMILES string of the molecule is Cc1ccc2c(N)c(C(=O)N[C@@H]3CCc4cc(N5CC6CCC(C6)C5)c(F)cc4C3)sc2n1. The molecule has 1 saturated carbocycles. The summed E-state index contributed by atoms with van der Waals surface area (Å²) in [6.45, 7) is 3.89. The fourth-order valence-corrected chi connectivity index (χ4v) is 7.09. The molecule has 172 valence electrons. The van der Waals surface area contributed by atoms with Crippen molar-refractivity contribution in [3.8, 4) is 0 Å². The Balaban J connectivity index is 1.18. The van der Waals surface area contributed by atoms with Crippen LogP contribution < -0.4 is 16.0 Å². The van der Waals surface area contributed by atoms with Crippen molar-refractivity contribution in [2.45, 2.75) is 51.5 Å². The number of rotatable bonds is 3. The summed E-state index contributed by atoms with van der Waals surface area (Å²) >= 11 is 1.33. The van der Waals surface area contributed by atoms with E-state index in [1.165, 1.54) is 36.2 Å². The number of carbonyl (C=O) groups excluding carboxylic acids is 1. The molecule has 3 N–H and O–H groups in total. The first kappa shape index (κ1) is 20.9. The molecule has 2 fully saturated rings. The number of thiophene rings is 1. The van der Waals surface area contributed by atoms with E-state index in [1.54, 1.807) is 6.07 Å². The number of aromatic nitrogens is 1. The number of nitrogens with two attached hydrogens (primary N) is 1. The minimum absolute atomic E-state index is 0.0274. The van der Waals surface area contributed by atoms with Crippen molar-refractivity contribution >= 4 is 38.8 Å².